The van der Waals surface area contributed by atoms with E-state index >= 15 is 0 Å². The lowest BCUT2D eigenvalue weighted by atomic mass is 10.1. The van der Waals surface area contributed by atoms with Crippen molar-refractivity contribution in [3.05, 3.63) is 94.0 Å². The minimum absolute atomic E-state index is 0.170. The molecule has 0 aliphatic rings. The van der Waals surface area contributed by atoms with E-state index in [0.29, 0.717) is 5.52 Å². The smallest absolute Gasteiger partial charge is 0.276 e. The van der Waals surface area contributed by atoms with Crippen molar-refractivity contribution in [2.24, 2.45) is 0 Å². The van der Waals surface area contributed by atoms with Crippen LogP contribution in [0.25, 0.3) is 16.8 Å². The molecule has 1 atom stereocenters. The fraction of sp³-hybridized carbons (Fsp3) is 0.182. The Morgan fingerprint density at radius 2 is 1.78 bits per heavy atom. The van der Waals surface area contributed by atoms with Gasteiger partial charge in [-0.1, -0.05) is 54.1 Å². The molecule has 5 nitrogen and oxygen atoms in total. The molecule has 4 rings (SSSR count). The Morgan fingerprint density at radius 1 is 1.04 bits per heavy atom. The molecule has 0 bridgehead atoms. The highest BCUT2D eigenvalue weighted by Gasteiger charge is 2.13. The van der Waals surface area contributed by atoms with E-state index in [1.165, 1.54) is 4.57 Å². The fourth-order valence-corrected chi connectivity index (χ4v) is 3.24. The molecule has 2 heterocycles. The maximum absolute atomic E-state index is 12.9. The van der Waals surface area contributed by atoms with Gasteiger partial charge in [0.2, 0.25) is 0 Å². The molecule has 0 aliphatic carbocycles. The molecule has 4 aromatic rings. The fourth-order valence-electron chi connectivity index (χ4n) is 3.24. The van der Waals surface area contributed by atoms with Crippen LogP contribution in [0.2, 0.25) is 0 Å². The van der Waals surface area contributed by atoms with Crippen molar-refractivity contribution in [2.45, 2.75) is 26.5 Å². The average Bonchev–Trinajstić information content (AvgIpc) is 3.10. The number of benzene rings is 2. The van der Waals surface area contributed by atoms with E-state index in [1.807, 2.05) is 62.4 Å². The number of aliphatic hydroxyl groups excluding tert-OH is 1. The van der Waals surface area contributed by atoms with Gasteiger partial charge >= 0.3 is 0 Å². The molecule has 0 unspecified atom stereocenters. The number of rotatable bonds is 4. The van der Waals surface area contributed by atoms with Gasteiger partial charge in [0.15, 0.2) is 0 Å². The lowest BCUT2D eigenvalue weighted by molar-refractivity contribution is 0.155. The number of hydrogen-bond donors (Lipinski definition) is 1. The molecule has 2 aromatic heterocycles. The Hall–Kier alpha value is -3.18. The highest BCUT2D eigenvalue weighted by molar-refractivity contribution is 5.68. The summed E-state index contributed by atoms with van der Waals surface area (Å²) in [4.78, 5) is 12.9. The third kappa shape index (κ3) is 3.29. The normalized spacial score (nSPS) is 12.4. The Bertz CT molecular complexity index is 1160. The van der Waals surface area contributed by atoms with E-state index in [-0.39, 0.29) is 12.1 Å². The standard InChI is InChI=1S/C22H21N3O2/c1-15-7-9-17(10-8-15)21(26)14-24-11-12-25-20(22(24)27)13-19(23-25)18-6-4-3-5-16(18)2/h3-13,21,26H,14H2,1-2H3/t21-/m1/s1. The Kier molecular flexibility index (Phi) is 4.38. The Labute approximate surface area is 157 Å². The van der Waals surface area contributed by atoms with Crippen LogP contribution in [0.15, 0.2) is 71.8 Å². The van der Waals surface area contributed by atoms with Gasteiger partial charge < -0.3 is 9.67 Å². The topological polar surface area (TPSA) is 59.5 Å². The quantitative estimate of drug-likeness (QED) is 0.607. The summed E-state index contributed by atoms with van der Waals surface area (Å²) in [7, 11) is 0. The van der Waals surface area contributed by atoms with Crippen LogP contribution >= 0.6 is 0 Å². The van der Waals surface area contributed by atoms with Crippen LogP contribution in [0.1, 0.15) is 22.8 Å². The first-order valence-electron chi connectivity index (χ1n) is 8.92. The van der Waals surface area contributed by atoms with Gasteiger partial charge in [0, 0.05) is 18.0 Å². The van der Waals surface area contributed by atoms with Crippen LogP contribution in [-0.2, 0) is 6.54 Å². The average molecular weight is 359 g/mol. The van der Waals surface area contributed by atoms with Crippen LogP contribution in [0.5, 0.6) is 0 Å². The molecule has 5 heteroatoms. The number of hydrogen-bond acceptors (Lipinski definition) is 3. The lowest BCUT2D eigenvalue weighted by Crippen LogP contribution is -2.24. The van der Waals surface area contributed by atoms with Gasteiger partial charge in [0.25, 0.3) is 5.56 Å². The molecule has 0 spiro atoms. The van der Waals surface area contributed by atoms with Crippen LogP contribution in [0, 0.1) is 13.8 Å². The summed E-state index contributed by atoms with van der Waals surface area (Å²) in [6.45, 7) is 4.22. The molecule has 0 aliphatic heterocycles. The zero-order valence-electron chi connectivity index (χ0n) is 15.3. The minimum Gasteiger partial charge on any atom is -0.387 e. The first-order valence-corrected chi connectivity index (χ1v) is 8.92. The molecule has 0 radical (unpaired) electrons. The predicted octanol–water partition coefficient (Wildman–Crippen LogP) is 3.51. The van der Waals surface area contributed by atoms with Crippen LogP contribution in [-0.4, -0.2) is 19.3 Å². The molecule has 136 valence electrons. The summed E-state index contributed by atoms with van der Waals surface area (Å²) in [6.07, 6.45) is 2.67. The molecular weight excluding hydrogens is 338 g/mol. The van der Waals surface area contributed by atoms with Crippen molar-refractivity contribution in [1.82, 2.24) is 14.2 Å². The lowest BCUT2D eigenvalue weighted by Gasteiger charge is -2.13. The molecule has 0 saturated heterocycles. The van der Waals surface area contributed by atoms with E-state index in [2.05, 4.69) is 5.10 Å². The monoisotopic (exact) mass is 359 g/mol. The van der Waals surface area contributed by atoms with Crippen LogP contribution < -0.4 is 5.56 Å². The third-order valence-corrected chi connectivity index (χ3v) is 4.86. The summed E-state index contributed by atoms with van der Waals surface area (Å²) in [6, 6.07) is 17.5. The van der Waals surface area contributed by atoms with Crippen molar-refractivity contribution in [3.8, 4) is 11.3 Å². The van der Waals surface area contributed by atoms with E-state index in [9.17, 15) is 9.90 Å². The largest absolute Gasteiger partial charge is 0.387 e. The van der Waals surface area contributed by atoms with Gasteiger partial charge in [-0.25, -0.2) is 4.52 Å². The molecule has 0 saturated carbocycles. The molecular formula is C22H21N3O2. The number of nitrogens with zero attached hydrogens (tertiary/aromatic N) is 3. The predicted molar refractivity (Wildman–Crippen MR) is 106 cm³/mol. The van der Waals surface area contributed by atoms with Crippen molar-refractivity contribution < 1.29 is 5.11 Å². The van der Waals surface area contributed by atoms with Gasteiger partial charge in [0.1, 0.15) is 5.52 Å². The molecule has 27 heavy (non-hydrogen) atoms. The van der Waals surface area contributed by atoms with E-state index in [4.69, 9.17) is 0 Å². The summed E-state index contributed by atoms with van der Waals surface area (Å²) >= 11 is 0. The summed E-state index contributed by atoms with van der Waals surface area (Å²) < 4.78 is 3.13. The van der Waals surface area contributed by atoms with E-state index in [0.717, 1.165) is 27.9 Å². The number of fused-ring (bicyclic) bond motifs is 1. The van der Waals surface area contributed by atoms with Gasteiger partial charge in [-0.15, -0.1) is 0 Å². The van der Waals surface area contributed by atoms with Crippen molar-refractivity contribution >= 4 is 5.52 Å². The van der Waals surface area contributed by atoms with Crippen molar-refractivity contribution in [2.75, 3.05) is 0 Å². The first kappa shape index (κ1) is 17.2. The maximum atomic E-state index is 12.9. The second-order valence-electron chi connectivity index (χ2n) is 6.86. The summed E-state index contributed by atoms with van der Waals surface area (Å²) in [5, 5.41) is 15.0. The first-order chi connectivity index (χ1) is 13.0. The highest BCUT2D eigenvalue weighted by Crippen LogP contribution is 2.22. The Balaban J connectivity index is 1.69. The van der Waals surface area contributed by atoms with E-state index in [1.54, 1.807) is 23.0 Å². The van der Waals surface area contributed by atoms with Gasteiger partial charge in [-0.05, 0) is 31.0 Å². The minimum atomic E-state index is -0.746. The SMILES string of the molecule is Cc1ccc([C@H](O)Cn2ccn3nc(-c4ccccc4C)cc3c2=O)cc1. The number of aliphatic hydroxyl groups is 1. The molecule has 0 fully saturated rings. The summed E-state index contributed by atoms with van der Waals surface area (Å²) in [5.74, 6) is 0. The van der Waals surface area contributed by atoms with Gasteiger partial charge in [0.05, 0.1) is 18.3 Å². The zero-order chi connectivity index (χ0) is 19.0. The van der Waals surface area contributed by atoms with E-state index < -0.39 is 6.10 Å². The van der Waals surface area contributed by atoms with Crippen molar-refractivity contribution in [1.29, 1.82) is 0 Å². The van der Waals surface area contributed by atoms with Crippen LogP contribution in [0.4, 0.5) is 0 Å². The molecule has 1 N–H and O–H groups in total. The molecule has 0 amide bonds. The molecule has 2 aromatic carbocycles. The second-order valence-corrected chi connectivity index (χ2v) is 6.86. The van der Waals surface area contributed by atoms with Gasteiger partial charge in [-0.3, -0.25) is 4.79 Å². The zero-order valence-corrected chi connectivity index (χ0v) is 15.3. The number of aryl methyl sites for hydroxylation is 2. The Morgan fingerprint density at radius 3 is 2.52 bits per heavy atom. The third-order valence-electron chi connectivity index (χ3n) is 4.86. The van der Waals surface area contributed by atoms with Crippen molar-refractivity contribution in [3.63, 3.8) is 0 Å². The second kappa shape index (κ2) is 6.85. The van der Waals surface area contributed by atoms with Crippen LogP contribution in [0.3, 0.4) is 0 Å². The number of aromatic nitrogens is 3. The highest BCUT2D eigenvalue weighted by atomic mass is 16.3. The maximum Gasteiger partial charge on any atom is 0.276 e. The summed E-state index contributed by atoms with van der Waals surface area (Å²) in [5.41, 5.74) is 5.13. The van der Waals surface area contributed by atoms with Gasteiger partial charge in [-0.2, -0.15) is 5.10 Å².